The predicted octanol–water partition coefficient (Wildman–Crippen LogP) is 2.38. The van der Waals surface area contributed by atoms with Crippen molar-refractivity contribution >= 4 is 33.4 Å². The summed E-state index contributed by atoms with van der Waals surface area (Å²) >= 11 is 9.30. The van der Waals surface area contributed by atoms with E-state index < -0.39 is 0 Å². The largest absolute Gasteiger partial charge is 0.336 e. The first-order valence-electron chi connectivity index (χ1n) is 5.95. The van der Waals surface area contributed by atoms with Crippen LogP contribution in [0.5, 0.6) is 0 Å². The van der Waals surface area contributed by atoms with Crippen molar-refractivity contribution in [3.63, 3.8) is 0 Å². The first kappa shape index (κ1) is 14.3. The molecule has 1 aliphatic rings. The predicted molar refractivity (Wildman–Crippen MR) is 77.1 cm³/mol. The average Bonchev–Trinajstić information content (AvgIpc) is 2.42. The lowest BCUT2D eigenvalue weighted by Crippen LogP contribution is -2.48. The number of nitriles is 1. The molecular weight excluding hydrogens is 330 g/mol. The Hall–Kier alpha value is -1.09. The number of piperazine rings is 1. The van der Waals surface area contributed by atoms with Gasteiger partial charge in [-0.15, -0.1) is 0 Å². The van der Waals surface area contributed by atoms with Crippen LogP contribution in [0.25, 0.3) is 0 Å². The van der Waals surface area contributed by atoms with Crippen LogP contribution in [0.1, 0.15) is 10.4 Å². The molecule has 100 valence electrons. The van der Waals surface area contributed by atoms with E-state index in [4.69, 9.17) is 16.9 Å². The van der Waals surface area contributed by atoms with E-state index in [0.29, 0.717) is 30.2 Å². The molecule has 1 amide bonds. The third-order valence-corrected chi connectivity index (χ3v) is 4.04. The fourth-order valence-electron chi connectivity index (χ4n) is 2.04. The van der Waals surface area contributed by atoms with Gasteiger partial charge in [-0.2, -0.15) is 5.26 Å². The van der Waals surface area contributed by atoms with Gasteiger partial charge in [-0.3, -0.25) is 9.69 Å². The second-order valence-corrected chi connectivity index (χ2v) is 5.64. The topological polar surface area (TPSA) is 47.3 Å². The third-order valence-electron chi connectivity index (χ3n) is 3.11. The maximum Gasteiger partial charge on any atom is 0.255 e. The summed E-state index contributed by atoms with van der Waals surface area (Å²) in [5.41, 5.74) is 0.584. The highest BCUT2D eigenvalue weighted by Crippen LogP contribution is 2.23. The Morgan fingerprint density at radius 3 is 2.68 bits per heavy atom. The van der Waals surface area contributed by atoms with Crippen molar-refractivity contribution in [2.24, 2.45) is 0 Å². The number of benzene rings is 1. The van der Waals surface area contributed by atoms with Crippen LogP contribution in [0.4, 0.5) is 0 Å². The lowest BCUT2D eigenvalue weighted by molar-refractivity contribution is 0.0651. The maximum atomic E-state index is 12.4. The lowest BCUT2D eigenvalue weighted by atomic mass is 10.2. The van der Waals surface area contributed by atoms with Gasteiger partial charge in [0.2, 0.25) is 0 Å². The van der Waals surface area contributed by atoms with E-state index >= 15 is 0 Å². The van der Waals surface area contributed by atoms with Crippen molar-refractivity contribution in [2.75, 3.05) is 32.7 Å². The summed E-state index contributed by atoms with van der Waals surface area (Å²) in [5.74, 6) is -0.0222. The molecule has 0 bridgehead atoms. The first-order chi connectivity index (χ1) is 9.11. The Balaban J connectivity index is 2.05. The number of halogens is 2. The molecule has 0 aliphatic carbocycles. The zero-order chi connectivity index (χ0) is 13.8. The van der Waals surface area contributed by atoms with Gasteiger partial charge in [0.05, 0.1) is 18.2 Å². The fourth-order valence-corrected chi connectivity index (χ4v) is 2.63. The van der Waals surface area contributed by atoms with E-state index in [-0.39, 0.29) is 5.91 Å². The van der Waals surface area contributed by atoms with Crippen molar-refractivity contribution in [3.05, 3.63) is 33.3 Å². The van der Waals surface area contributed by atoms with Gasteiger partial charge < -0.3 is 4.90 Å². The van der Waals surface area contributed by atoms with Crippen molar-refractivity contribution in [3.8, 4) is 6.07 Å². The van der Waals surface area contributed by atoms with Gasteiger partial charge in [-0.1, -0.05) is 11.6 Å². The van der Waals surface area contributed by atoms with Crippen LogP contribution >= 0.6 is 27.5 Å². The Labute approximate surface area is 125 Å². The van der Waals surface area contributed by atoms with Gasteiger partial charge in [0.25, 0.3) is 5.91 Å². The molecule has 4 nitrogen and oxygen atoms in total. The number of hydrogen-bond acceptors (Lipinski definition) is 3. The van der Waals surface area contributed by atoms with Gasteiger partial charge >= 0.3 is 0 Å². The van der Waals surface area contributed by atoms with Crippen molar-refractivity contribution < 1.29 is 4.79 Å². The SMILES string of the molecule is N#CCN1CCN(C(=O)c2cc(Cl)ccc2Br)CC1. The molecule has 1 aromatic rings. The zero-order valence-corrected chi connectivity index (χ0v) is 12.6. The van der Waals surface area contributed by atoms with Crippen LogP contribution in [0.3, 0.4) is 0 Å². The molecule has 0 aromatic heterocycles. The third kappa shape index (κ3) is 3.47. The van der Waals surface area contributed by atoms with E-state index in [1.165, 1.54) is 0 Å². The van der Waals surface area contributed by atoms with Gasteiger partial charge in [0.1, 0.15) is 0 Å². The Morgan fingerprint density at radius 2 is 2.05 bits per heavy atom. The number of hydrogen-bond donors (Lipinski definition) is 0. The second-order valence-electron chi connectivity index (χ2n) is 4.35. The molecule has 1 aromatic carbocycles. The van der Waals surface area contributed by atoms with Gasteiger partial charge in [-0.05, 0) is 34.1 Å². The monoisotopic (exact) mass is 341 g/mol. The van der Waals surface area contributed by atoms with Crippen molar-refractivity contribution in [2.45, 2.75) is 0 Å². The fraction of sp³-hybridized carbons (Fsp3) is 0.385. The Kier molecular flexibility index (Phi) is 4.81. The molecule has 0 N–H and O–H groups in total. The molecule has 1 aliphatic heterocycles. The van der Waals surface area contributed by atoms with Gasteiger partial charge in [0, 0.05) is 35.7 Å². The van der Waals surface area contributed by atoms with Gasteiger partial charge in [0.15, 0.2) is 0 Å². The van der Waals surface area contributed by atoms with Crippen LogP contribution in [-0.4, -0.2) is 48.4 Å². The van der Waals surface area contributed by atoms with Crippen LogP contribution in [0.2, 0.25) is 5.02 Å². The second kappa shape index (κ2) is 6.38. The molecule has 0 saturated carbocycles. The molecule has 0 unspecified atom stereocenters. The summed E-state index contributed by atoms with van der Waals surface area (Å²) in [7, 11) is 0. The molecule has 19 heavy (non-hydrogen) atoms. The van der Waals surface area contributed by atoms with E-state index in [1.54, 1.807) is 23.1 Å². The Morgan fingerprint density at radius 1 is 1.37 bits per heavy atom. The first-order valence-corrected chi connectivity index (χ1v) is 7.12. The van der Waals surface area contributed by atoms with Gasteiger partial charge in [-0.25, -0.2) is 0 Å². The van der Waals surface area contributed by atoms with E-state index in [0.717, 1.165) is 17.6 Å². The number of carbonyl (C=O) groups excluding carboxylic acids is 1. The van der Waals surface area contributed by atoms with Crippen LogP contribution in [0.15, 0.2) is 22.7 Å². The summed E-state index contributed by atoms with van der Waals surface area (Å²) in [4.78, 5) is 16.2. The molecule has 0 atom stereocenters. The minimum Gasteiger partial charge on any atom is -0.336 e. The van der Waals surface area contributed by atoms with Crippen molar-refractivity contribution in [1.82, 2.24) is 9.80 Å². The van der Waals surface area contributed by atoms with E-state index in [2.05, 4.69) is 22.0 Å². The van der Waals surface area contributed by atoms with E-state index in [9.17, 15) is 4.79 Å². The Bertz CT molecular complexity index is 521. The number of nitrogens with zero attached hydrogens (tertiary/aromatic N) is 3. The molecule has 1 heterocycles. The molecule has 0 spiro atoms. The molecule has 6 heteroatoms. The normalized spacial score (nSPS) is 16.2. The van der Waals surface area contributed by atoms with Crippen LogP contribution in [-0.2, 0) is 0 Å². The summed E-state index contributed by atoms with van der Waals surface area (Å²) in [6.45, 7) is 3.16. The summed E-state index contributed by atoms with van der Waals surface area (Å²) in [5, 5.41) is 9.20. The summed E-state index contributed by atoms with van der Waals surface area (Å²) < 4.78 is 0.751. The standard InChI is InChI=1S/C13H13BrClN3O/c14-12-2-1-10(15)9-11(12)13(19)18-7-5-17(4-3-16)6-8-18/h1-2,9H,4-8H2. The molecule has 2 rings (SSSR count). The number of rotatable bonds is 2. The molecule has 1 saturated heterocycles. The van der Waals surface area contributed by atoms with E-state index in [1.807, 2.05) is 4.90 Å². The summed E-state index contributed by atoms with van der Waals surface area (Å²) in [6.07, 6.45) is 0. The summed E-state index contributed by atoms with van der Waals surface area (Å²) in [6, 6.07) is 7.33. The molecular formula is C13H13BrClN3O. The molecule has 0 radical (unpaired) electrons. The molecule has 1 fully saturated rings. The quantitative estimate of drug-likeness (QED) is 0.775. The minimum atomic E-state index is -0.0222. The number of amides is 1. The smallest absolute Gasteiger partial charge is 0.255 e. The van der Waals surface area contributed by atoms with Crippen LogP contribution < -0.4 is 0 Å². The highest BCUT2D eigenvalue weighted by atomic mass is 79.9. The minimum absolute atomic E-state index is 0.0222. The number of carbonyl (C=O) groups is 1. The average molecular weight is 343 g/mol. The highest BCUT2D eigenvalue weighted by Gasteiger charge is 2.23. The van der Waals surface area contributed by atoms with Crippen molar-refractivity contribution in [1.29, 1.82) is 5.26 Å². The maximum absolute atomic E-state index is 12.4. The zero-order valence-electron chi connectivity index (χ0n) is 10.3. The highest BCUT2D eigenvalue weighted by molar-refractivity contribution is 9.10. The lowest BCUT2D eigenvalue weighted by Gasteiger charge is -2.33. The van der Waals surface area contributed by atoms with Crippen LogP contribution in [0, 0.1) is 11.3 Å².